The second kappa shape index (κ2) is 8.63. The summed E-state index contributed by atoms with van der Waals surface area (Å²) in [6, 6.07) is 18.4. The number of carbonyl (C=O) groups excluding carboxylic acids is 1. The molecule has 4 rings (SSSR count). The van der Waals surface area contributed by atoms with Crippen LogP contribution in [0.5, 0.6) is 0 Å². The number of rotatable bonds is 4. The van der Waals surface area contributed by atoms with Gasteiger partial charge in [-0.3, -0.25) is 0 Å². The maximum absolute atomic E-state index is 12.5. The van der Waals surface area contributed by atoms with Crippen LogP contribution in [0.2, 0.25) is 0 Å². The Morgan fingerprint density at radius 1 is 1.04 bits per heavy atom. The number of methoxy groups -OCH3 is 1. The predicted octanol–water partition coefficient (Wildman–Crippen LogP) is 3.00. The lowest BCUT2D eigenvalue weighted by Crippen LogP contribution is -2.61. The van der Waals surface area contributed by atoms with Crippen molar-refractivity contribution in [1.29, 1.82) is 0 Å². The van der Waals surface area contributed by atoms with E-state index in [0.717, 1.165) is 5.56 Å². The van der Waals surface area contributed by atoms with Gasteiger partial charge in [0, 0.05) is 12.7 Å². The van der Waals surface area contributed by atoms with Crippen LogP contribution in [0.3, 0.4) is 0 Å². The normalized spacial score (nSPS) is 32.4. The smallest absolute Gasteiger partial charge is 0.338 e. The van der Waals surface area contributed by atoms with Gasteiger partial charge in [-0.15, -0.1) is 0 Å². The highest BCUT2D eigenvalue weighted by Gasteiger charge is 2.50. The molecule has 0 aromatic heterocycles. The molecule has 0 aliphatic carbocycles. The fraction of sp³-hybridized carbons (Fsp3) is 0.381. The Kier molecular flexibility index (Phi) is 5.99. The third-order valence-corrected chi connectivity index (χ3v) is 5.45. The van der Waals surface area contributed by atoms with Crippen molar-refractivity contribution in [3.8, 4) is 0 Å². The Morgan fingerprint density at radius 3 is 2.39 bits per heavy atom. The molecule has 6 nitrogen and oxygen atoms in total. The Labute approximate surface area is 169 Å². The van der Waals surface area contributed by atoms with E-state index in [1.807, 2.05) is 36.4 Å². The molecule has 2 aliphatic rings. The standard InChI is InChI=1S/C21H22O6S/c1-23-21-17(26-19(22)13-8-4-2-5-9-13)18(28)16-15(25-21)12-24-20(27-16)14-10-6-3-7-11-14/h2-11,15-18,20-21,28H,12H2,1H3/t15-,16+,17-,18+,20?,21-/m1/s1. The molecule has 2 saturated heterocycles. The van der Waals surface area contributed by atoms with E-state index >= 15 is 0 Å². The fourth-order valence-corrected chi connectivity index (χ4v) is 3.89. The second-order valence-corrected chi connectivity index (χ2v) is 7.28. The van der Waals surface area contributed by atoms with Crippen molar-refractivity contribution in [1.82, 2.24) is 0 Å². The Morgan fingerprint density at radius 2 is 1.71 bits per heavy atom. The summed E-state index contributed by atoms with van der Waals surface area (Å²) in [6.07, 6.45) is -2.78. The van der Waals surface area contributed by atoms with Crippen LogP contribution in [0.4, 0.5) is 0 Å². The number of esters is 1. The van der Waals surface area contributed by atoms with Gasteiger partial charge in [-0.25, -0.2) is 4.79 Å². The van der Waals surface area contributed by atoms with Crippen LogP contribution in [0.1, 0.15) is 22.2 Å². The molecule has 0 amide bonds. The average molecular weight is 402 g/mol. The molecule has 2 aromatic carbocycles. The third kappa shape index (κ3) is 3.94. The number of fused-ring (bicyclic) bond motifs is 1. The molecule has 0 spiro atoms. The van der Waals surface area contributed by atoms with Gasteiger partial charge < -0.3 is 23.7 Å². The van der Waals surface area contributed by atoms with E-state index in [1.165, 1.54) is 7.11 Å². The van der Waals surface area contributed by atoms with E-state index in [-0.39, 0.29) is 6.10 Å². The van der Waals surface area contributed by atoms with Gasteiger partial charge in [-0.1, -0.05) is 48.5 Å². The fourth-order valence-electron chi connectivity index (χ4n) is 3.43. The quantitative estimate of drug-likeness (QED) is 0.627. The SMILES string of the molecule is CO[C@@H]1O[C@@H]2COC(c3ccccc3)O[C@@H]2[C@H](S)[C@H]1OC(=O)c1ccccc1. The molecule has 2 heterocycles. The molecular formula is C21H22O6S. The lowest BCUT2D eigenvalue weighted by atomic mass is 10.00. The monoisotopic (exact) mass is 402 g/mol. The van der Waals surface area contributed by atoms with Crippen molar-refractivity contribution in [2.75, 3.05) is 13.7 Å². The number of hydrogen-bond acceptors (Lipinski definition) is 7. The summed E-state index contributed by atoms with van der Waals surface area (Å²) in [7, 11) is 1.51. The molecule has 0 N–H and O–H groups in total. The van der Waals surface area contributed by atoms with Crippen LogP contribution < -0.4 is 0 Å². The van der Waals surface area contributed by atoms with Gasteiger partial charge in [-0.2, -0.15) is 12.6 Å². The van der Waals surface area contributed by atoms with E-state index in [1.54, 1.807) is 24.3 Å². The van der Waals surface area contributed by atoms with Crippen molar-refractivity contribution < 1.29 is 28.5 Å². The summed E-state index contributed by atoms with van der Waals surface area (Å²) in [4.78, 5) is 12.5. The Hall–Kier alpha value is -1.90. The van der Waals surface area contributed by atoms with Crippen molar-refractivity contribution in [3.63, 3.8) is 0 Å². The molecule has 2 aliphatic heterocycles. The first kappa shape index (κ1) is 19.4. The van der Waals surface area contributed by atoms with Crippen molar-refractivity contribution >= 4 is 18.6 Å². The molecule has 0 bridgehead atoms. The van der Waals surface area contributed by atoms with Crippen LogP contribution in [0, 0.1) is 0 Å². The molecule has 7 heteroatoms. The van der Waals surface area contributed by atoms with E-state index in [0.29, 0.717) is 12.2 Å². The van der Waals surface area contributed by atoms with Crippen molar-refractivity contribution in [2.45, 2.75) is 36.1 Å². The van der Waals surface area contributed by atoms with E-state index in [4.69, 9.17) is 36.3 Å². The topological polar surface area (TPSA) is 63.2 Å². The zero-order chi connectivity index (χ0) is 19.5. The largest absolute Gasteiger partial charge is 0.452 e. The molecule has 2 fully saturated rings. The first-order chi connectivity index (χ1) is 13.7. The maximum atomic E-state index is 12.5. The van der Waals surface area contributed by atoms with Gasteiger partial charge in [0.1, 0.15) is 12.2 Å². The summed E-state index contributed by atoms with van der Waals surface area (Å²) >= 11 is 4.71. The highest BCUT2D eigenvalue weighted by molar-refractivity contribution is 7.81. The van der Waals surface area contributed by atoms with Gasteiger partial charge in [0.25, 0.3) is 0 Å². The minimum atomic E-state index is -0.753. The second-order valence-electron chi connectivity index (χ2n) is 6.68. The van der Waals surface area contributed by atoms with E-state index in [9.17, 15) is 4.79 Å². The number of thiol groups is 1. The van der Waals surface area contributed by atoms with Crippen LogP contribution >= 0.6 is 12.6 Å². The minimum absolute atomic E-state index is 0.334. The average Bonchev–Trinajstić information content (AvgIpc) is 2.76. The lowest BCUT2D eigenvalue weighted by Gasteiger charge is -2.47. The molecule has 6 atom stereocenters. The Balaban J connectivity index is 1.50. The van der Waals surface area contributed by atoms with Gasteiger partial charge in [0.05, 0.1) is 17.4 Å². The highest BCUT2D eigenvalue weighted by atomic mass is 32.1. The van der Waals surface area contributed by atoms with Gasteiger partial charge in [0.15, 0.2) is 18.7 Å². The summed E-state index contributed by atoms with van der Waals surface area (Å²) < 4.78 is 29.0. The Bertz CT molecular complexity index is 786. The molecular weight excluding hydrogens is 380 g/mol. The van der Waals surface area contributed by atoms with Crippen molar-refractivity contribution in [3.05, 3.63) is 71.8 Å². The third-order valence-electron chi connectivity index (χ3n) is 4.87. The van der Waals surface area contributed by atoms with Crippen LogP contribution in [-0.4, -0.2) is 49.5 Å². The first-order valence-corrected chi connectivity index (χ1v) is 9.63. The zero-order valence-electron chi connectivity index (χ0n) is 15.3. The number of carbonyl (C=O) groups is 1. The van der Waals surface area contributed by atoms with Crippen molar-refractivity contribution in [2.24, 2.45) is 0 Å². The molecule has 0 saturated carbocycles. The summed E-state index contributed by atoms with van der Waals surface area (Å²) in [5, 5.41) is -0.438. The number of benzene rings is 2. The zero-order valence-corrected chi connectivity index (χ0v) is 16.2. The minimum Gasteiger partial charge on any atom is -0.452 e. The number of hydrogen-bond donors (Lipinski definition) is 1. The summed E-state index contributed by atoms with van der Waals surface area (Å²) in [5.74, 6) is -0.458. The first-order valence-electron chi connectivity index (χ1n) is 9.11. The summed E-state index contributed by atoms with van der Waals surface area (Å²) in [5.41, 5.74) is 1.36. The summed E-state index contributed by atoms with van der Waals surface area (Å²) in [6.45, 7) is 0.334. The molecule has 0 radical (unpaired) electrons. The highest BCUT2D eigenvalue weighted by Crippen LogP contribution is 2.37. The molecule has 2 aromatic rings. The molecule has 28 heavy (non-hydrogen) atoms. The molecule has 1 unspecified atom stereocenters. The lowest BCUT2D eigenvalue weighted by molar-refractivity contribution is -0.329. The van der Waals surface area contributed by atoms with Gasteiger partial charge in [0.2, 0.25) is 0 Å². The van der Waals surface area contributed by atoms with Crippen LogP contribution in [-0.2, 0) is 23.7 Å². The number of ether oxygens (including phenoxy) is 5. The van der Waals surface area contributed by atoms with Gasteiger partial charge in [-0.05, 0) is 12.1 Å². The predicted molar refractivity (Wildman–Crippen MR) is 104 cm³/mol. The molecule has 148 valence electrons. The van der Waals surface area contributed by atoms with Crippen LogP contribution in [0.25, 0.3) is 0 Å². The van der Waals surface area contributed by atoms with E-state index in [2.05, 4.69) is 0 Å². The maximum Gasteiger partial charge on any atom is 0.338 e. The van der Waals surface area contributed by atoms with E-state index < -0.39 is 36.0 Å². The van der Waals surface area contributed by atoms with Crippen LogP contribution in [0.15, 0.2) is 60.7 Å². The van der Waals surface area contributed by atoms with Gasteiger partial charge >= 0.3 is 5.97 Å².